The summed E-state index contributed by atoms with van der Waals surface area (Å²) in [5.41, 5.74) is 1.23. The number of hydrogen-bond donors (Lipinski definition) is 0. The zero-order chi connectivity index (χ0) is 10.3. The average molecular weight is 265 g/mol. The zero-order valence-electron chi connectivity index (χ0n) is 8.54. The fraction of sp³-hybridized carbons (Fsp3) is 0.500. The maximum absolute atomic E-state index is 4.70. The maximum atomic E-state index is 4.70. The third-order valence-electron chi connectivity index (χ3n) is 3.00. The number of rotatable bonds is 2. The highest BCUT2D eigenvalue weighted by molar-refractivity contribution is 9.14. The molecule has 0 amide bonds. The molecule has 1 saturated carbocycles. The van der Waals surface area contributed by atoms with Crippen LogP contribution in [0.3, 0.4) is 0 Å². The summed E-state index contributed by atoms with van der Waals surface area (Å²) in [7, 11) is 0. The van der Waals surface area contributed by atoms with E-state index in [-0.39, 0.29) is 0 Å². The van der Waals surface area contributed by atoms with Crippen molar-refractivity contribution >= 4 is 20.4 Å². The van der Waals surface area contributed by atoms with E-state index in [1.54, 1.807) is 0 Å². The number of halogens is 1. The van der Waals surface area contributed by atoms with E-state index in [4.69, 9.17) is 4.98 Å². The molecule has 0 radical (unpaired) electrons. The smallest absolute Gasteiger partial charge is 0.0986 e. The SMILES string of the molecule is BrC1=c2nc(CC3CC3)ccc2=NCC1. The average Bonchev–Trinajstić information content (AvgIpc) is 3.03. The lowest BCUT2D eigenvalue weighted by Crippen LogP contribution is -2.33. The Balaban J connectivity index is 2.07. The molecule has 1 aromatic rings. The molecular formula is C12H13BrN2. The van der Waals surface area contributed by atoms with Crippen molar-refractivity contribution in [1.82, 2.24) is 4.98 Å². The predicted molar refractivity (Wildman–Crippen MR) is 63.3 cm³/mol. The number of pyridine rings is 1. The largest absolute Gasteiger partial charge is 0.283 e. The molecule has 2 nitrogen and oxygen atoms in total. The monoisotopic (exact) mass is 264 g/mol. The topological polar surface area (TPSA) is 25.2 Å². The second kappa shape index (κ2) is 3.71. The minimum Gasteiger partial charge on any atom is -0.283 e. The second-order valence-corrected chi connectivity index (χ2v) is 5.31. The van der Waals surface area contributed by atoms with Crippen molar-refractivity contribution < 1.29 is 0 Å². The first kappa shape index (κ1) is 9.52. The molecule has 15 heavy (non-hydrogen) atoms. The lowest BCUT2D eigenvalue weighted by Gasteiger charge is -2.05. The van der Waals surface area contributed by atoms with Crippen molar-refractivity contribution in [2.75, 3.05) is 6.54 Å². The van der Waals surface area contributed by atoms with Gasteiger partial charge in [-0.3, -0.25) is 9.98 Å². The van der Waals surface area contributed by atoms with E-state index >= 15 is 0 Å². The molecule has 78 valence electrons. The Morgan fingerprint density at radius 2 is 2.20 bits per heavy atom. The molecule has 3 heteroatoms. The van der Waals surface area contributed by atoms with Crippen molar-refractivity contribution in [1.29, 1.82) is 0 Å². The van der Waals surface area contributed by atoms with Gasteiger partial charge in [-0.25, -0.2) is 0 Å². The van der Waals surface area contributed by atoms with E-state index in [9.17, 15) is 0 Å². The number of fused-ring (bicyclic) bond motifs is 1. The van der Waals surface area contributed by atoms with Gasteiger partial charge in [0.15, 0.2) is 0 Å². The molecule has 2 heterocycles. The summed E-state index contributed by atoms with van der Waals surface area (Å²) >= 11 is 3.60. The van der Waals surface area contributed by atoms with Crippen LogP contribution in [0.25, 0.3) is 4.48 Å². The fourth-order valence-electron chi connectivity index (χ4n) is 1.94. The van der Waals surface area contributed by atoms with Gasteiger partial charge in [-0.05, 0) is 37.3 Å². The van der Waals surface area contributed by atoms with Gasteiger partial charge < -0.3 is 0 Å². The summed E-state index contributed by atoms with van der Waals surface area (Å²) in [6.45, 7) is 0.886. The van der Waals surface area contributed by atoms with Crippen LogP contribution in [0, 0.1) is 5.92 Å². The van der Waals surface area contributed by atoms with Crippen LogP contribution in [-0.2, 0) is 6.42 Å². The lowest BCUT2D eigenvalue weighted by atomic mass is 10.2. The first-order chi connectivity index (χ1) is 7.33. The summed E-state index contributed by atoms with van der Waals surface area (Å²) < 4.78 is 1.21. The summed E-state index contributed by atoms with van der Waals surface area (Å²) in [4.78, 5) is 9.16. The van der Waals surface area contributed by atoms with Gasteiger partial charge in [0.05, 0.1) is 10.7 Å². The number of nitrogens with zero attached hydrogens (tertiary/aromatic N) is 2. The standard InChI is InChI=1S/C12H13BrN2/c13-10-5-6-14-11-4-3-9(15-12(10)11)7-8-1-2-8/h3-4,8H,1-2,5-7H2. The number of hydrogen-bond acceptors (Lipinski definition) is 2. The first-order valence-electron chi connectivity index (χ1n) is 5.52. The van der Waals surface area contributed by atoms with Gasteiger partial charge in [0.25, 0.3) is 0 Å². The molecule has 0 unspecified atom stereocenters. The molecule has 1 aliphatic heterocycles. The molecule has 0 aromatic carbocycles. The van der Waals surface area contributed by atoms with Crippen LogP contribution in [-0.4, -0.2) is 11.5 Å². The lowest BCUT2D eigenvalue weighted by molar-refractivity contribution is 0.792. The van der Waals surface area contributed by atoms with Crippen molar-refractivity contribution in [3.05, 3.63) is 28.5 Å². The molecule has 3 rings (SSSR count). The van der Waals surface area contributed by atoms with E-state index in [1.165, 1.54) is 23.0 Å². The Hall–Kier alpha value is -0.700. The third kappa shape index (κ3) is 1.98. The Bertz CT molecular complexity index is 503. The van der Waals surface area contributed by atoms with Crippen LogP contribution in [0.2, 0.25) is 0 Å². The molecule has 0 saturated heterocycles. The second-order valence-electron chi connectivity index (χ2n) is 4.35. The highest BCUT2D eigenvalue weighted by atomic mass is 79.9. The highest BCUT2D eigenvalue weighted by Gasteiger charge is 2.22. The van der Waals surface area contributed by atoms with E-state index in [1.807, 2.05) is 0 Å². The quantitative estimate of drug-likeness (QED) is 0.796. The van der Waals surface area contributed by atoms with Gasteiger partial charge in [0.1, 0.15) is 0 Å². The Labute approximate surface area is 97.3 Å². The van der Waals surface area contributed by atoms with E-state index < -0.39 is 0 Å². The summed E-state index contributed by atoms with van der Waals surface area (Å²) in [6.07, 6.45) is 4.91. The molecule has 0 atom stereocenters. The van der Waals surface area contributed by atoms with Gasteiger partial charge in [-0.2, -0.15) is 0 Å². The minimum absolute atomic E-state index is 0.886. The van der Waals surface area contributed by atoms with Gasteiger partial charge in [-0.1, -0.05) is 15.9 Å². The molecule has 0 N–H and O–H groups in total. The van der Waals surface area contributed by atoms with E-state index in [2.05, 4.69) is 33.1 Å². The third-order valence-corrected chi connectivity index (χ3v) is 3.77. The van der Waals surface area contributed by atoms with Crippen molar-refractivity contribution in [2.24, 2.45) is 10.9 Å². The van der Waals surface area contributed by atoms with Gasteiger partial charge in [0.2, 0.25) is 0 Å². The summed E-state index contributed by atoms with van der Waals surface area (Å²) in [6, 6.07) is 4.24. The van der Waals surface area contributed by atoms with Crippen LogP contribution in [0.4, 0.5) is 0 Å². The van der Waals surface area contributed by atoms with Crippen LogP contribution >= 0.6 is 15.9 Å². The van der Waals surface area contributed by atoms with Gasteiger partial charge >= 0.3 is 0 Å². The molecule has 1 aromatic heterocycles. The number of aromatic nitrogens is 1. The van der Waals surface area contributed by atoms with Crippen molar-refractivity contribution in [3.63, 3.8) is 0 Å². The van der Waals surface area contributed by atoms with Crippen LogP contribution in [0.5, 0.6) is 0 Å². The zero-order valence-corrected chi connectivity index (χ0v) is 10.1. The minimum atomic E-state index is 0.886. The predicted octanol–water partition coefficient (Wildman–Crippen LogP) is 1.56. The van der Waals surface area contributed by atoms with Crippen LogP contribution < -0.4 is 10.7 Å². The molecule has 0 spiro atoms. The van der Waals surface area contributed by atoms with Gasteiger partial charge in [-0.15, -0.1) is 0 Å². The molecule has 2 aliphatic rings. The van der Waals surface area contributed by atoms with Crippen LogP contribution in [0.1, 0.15) is 25.0 Å². The maximum Gasteiger partial charge on any atom is 0.0986 e. The van der Waals surface area contributed by atoms with Crippen molar-refractivity contribution in [2.45, 2.75) is 25.7 Å². The Morgan fingerprint density at radius 3 is 3.00 bits per heavy atom. The molecule has 0 bridgehead atoms. The molecule has 1 aliphatic carbocycles. The van der Waals surface area contributed by atoms with E-state index in [0.29, 0.717) is 0 Å². The van der Waals surface area contributed by atoms with Crippen molar-refractivity contribution in [3.8, 4) is 0 Å². The highest BCUT2D eigenvalue weighted by Crippen LogP contribution is 2.31. The Kier molecular flexibility index (Phi) is 2.35. The normalized spacial score (nSPS) is 19.7. The Morgan fingerprint density at radius 1 is 1.33 bits per heavy atom. The van der Waals surface area contributed by atoms with E-state index in [0.717, 1.165) is 36.0 Å². The summed E-state index contributed by atoms with van der Waals surface area (Å²) in [5, 5.41) is 2.12. The first-order valence-corrected chi connectivity index (χ1v) is 6.31. The summed E-state index contributed by atoms with van der Waals surface area (Å²) in [5.74, 6) is 0.898. The van der Waals surface area contributed by atoms with Crippen LogP contribution in [0.15, 0.2) is 17.1 Å². The molecular weight excluding hydrogens is 252 g/mol. The fourth-order valence-corrected chi connectivity index (χ4v) is 2.41. The molecule has 1 fully saturated rings. The van der Waals surface area contributed by atoms with Gasteiger partial charge in [0, 0.05) is 23.1 Å².